The van der Waals surface area contributed by atoms with Crippen LogP contribution in [0.15, 0.2) is 46.1 Å². The summed E-state index contributed by atoms with van der Waals surface area (Å²) in [7, 11) is 0. The topological polar surface area (TPSA) is 98.6 Å². The molecule has 2 aromatic rings. The van der Waals surface area contributed by atoms with Gasteiger partial charge in [-0.15, -0.1) is 0 Å². The summed E-state index contributed by atoms with van der Waals surface area (Å²) in [6, 6.07) is 8.57. The number of hydrogen-bond donors (Lipinski definition) is 2. The summed E-state index contributed by atoms with van der Waals surface area (Å²) < 4.78 is 1.35. The number of aliphatic hydroxyl groups excluding tert-OH is 1. The zero-order valence-electron chi connectivity index (χ0n) is 17.0. The Kier molecular flexibility index (Phi) is 6.15. The summed E-state index contributed by atoms with van der Waals surface area (Å²) in [5, 5.41) is 10.5. The maximum absolute atomic E-state index is 13.0. The van der Waals surface area contributed by atoms with Crippen molar-refractivity contribution in [2.75, 3.05) is 26.2 Å². The summed E-state index contributed by atoms with van der Waals surface area (Å²) >= 11 is 0. The van der Waals surface area contributed by atoms with Crippen molar-refractivity contribution in [3.63, 3.8) is 0 Å². The van der Waals surface area contributed by atoms with E-state index < -0.39 is 23.4 Å². The quantitative estimate of drug-likeness (QED) is 0.780. The third kappa shape index (κ3) is 4.55. The number of carbonyl (C=O) groups excluding carboxylic acids is 1. The fourth-order valence-corrected chi connectivity index (χ4v) is 4.42. The van der Waals surface area contributed by atoms with Crippen LogP contribution in [0.5, 0.6) is 0 Å². The number of H-pyrrole nitrogens is 1. The lowest BCUT2D eigenvalue weighted by atomic mass is 10.1. The molecule has 1 aromatic carbocycles. The molecule has 2 saturated heterocycles. The lowest BCUT2D eigenvalue weighted by molar-refractivity contribution is 0.0751. The highest BCUT2D eigenvalue weighted by Gasteiger charge is 2.29. The lowest BCUT2D eigenvalue weighted by Crippen LogP contribution is -2.36. The van der Waals surface area contributed by atoms with Crippen LogP contribution >= 0.6 is 0 Å². The molecule has 0 radical (unpaired) electrons. The van der Waals surface area contributed by atoms with Crippen molar-refractivity contribution in [2.45, 2.75) is 44.4 Å². The van der Waals surface area contributed by atoms with Gasteiger partial charge in [-0.05, 0) is 56.5 Å². The zero-order chi connectivity index (χ0) is 21.1. The minimum Gasteiger partial charge on any atom is -0.391 e. The Hall–Kier alpha value is -2.71. The molecule has 0 unspecified atom stereocenters. The molecule has 1 aromatic heterocycles. The van der Waals surface area contributed by atoms with E-state index in [-0.39, 0.29) is 5.91 Å². The fraction of sp³-hybridized carbons (Fsp3) is 0.500. The van der Waals surface area contributed by atoms with E-state index in [1.807, 2.05) is 24.3 Å². The molecule has 2 N–H and O–H groups in total. The molecule has 4 rings (SSSR count). The van der Waals surface area contributed by atoms with Crippen LogP contribution in [0.2, 0.25) is 0 Å². The van der Waals surface area contributed by atoms with Gasteiger partial charge in [0.2, 0.25) is 0 Å². The standard InChI is InChI=1S/C22H28N4O4/c27-19-8-13-25(12-7-18(19)26-14-9-20(28)23-22(26)30)21(29)17-5-3-16(4-6-17)15-24-10-1-2-11-24/h3-6,9,14,18-19,27H,1-2,7-8,10-13,15H2,(H,23,28,30)/t18-,19-/m0/s1. The minimum atomic E-state index is -0.769. The first-order valence-electron chi connectivity index (χ1n) is 10.6. The van der Waals surface area contributed by atoms with Crippen molar-refractivity contribution in [3.8, 4) is 0 Å². The predicted octanol–water partition coefficient (Wildman–Crippen LogP) is 0.971. The molecule has 0 bridgehead atoms. The molecule has 2 fully saturated rings. The second kappa shape index (κ2) is 8.97. The van der Waals surface area contributed by atoms with E-state index in [9.17, 15) is 19.5 Å². The maximum atomic E-state index is 13.0. The first-order chi connectivity index (χ1) is 14.5. The number of nitrogens with one attached hydrogen (secondary N) is 1. The molecule has 30 heavy (non-hydrogen) atoms. The number of amides is 1. The van der Waals surface area contributed by atoms with Gasteiger partial charge in [-0.2, -0.15) is 0 Å². The Bertz CT molecular complexity index is 991. The van der Waals surface area contributed by atoms with E-state index in [4.69, 9.17) is 0 Å². The molecule has 0 saturated carbocycles. The van der Waals surface area contributed by atoms with Gasteiger partial charge >= 0.3 is 5.69 Å². The molecular weight excluding hydrogens is 384 g/mol. The van der Waals surface area contributed by atoms with Crippen LogP contribution in [0.1, 0.15) is 47.6 Å². The van der Waals surface area contributed by atoms with Crippen molar-refractivity contribution >= 4 is 5.91 Å². The SMILES string of the molecule is O=C(c1ccc(CN2CCCC2)cc1)N1CC[C@H](O)[C@@H](n2ccc(=O)[nH]c2=O)CC1. The zero-order valence-corrected chi connectivity index (χ0v) is 17.0. The lowest BCUT2D eigenvalue weighted by Gasteiger charge is -2.22. The number of hydrogen-bond acceptors (Lipinski definition) is 5. The van der Waals surface area contributed by atoms with Crippen molar-refractivity contribution in [1.29, 1.82) is 0 Å². The average Bonchev–Trinajstić information content (AvgIpc) is 3.17. The number of aromatic nitrogens is 2. The first kappa shape index (κ1) is 20.6. The number of aromatic amines is 1. The third-order valence-corrected chi connectivity index (χ3v) is 6.14. The van der Waals surface area contributed by atoms with E-state index >= 15 is 0 Å². The van der Waals surface area contributed by atoms with Gasteiger partial charge in [0.05, 0.1) is 12.1 Å². The van der Waals surface area contributed by atoms with Gasteiger partial charge in [-0.3, -0.25) is 24.0 Å². The van der Waals surface area contributed by atoms with Gasteiger partial charge in [-0.25, -0.2) is 4.79 Å². The predicted molar refractivity (Wildman–Crippen MR) is 112 cm³/mol. The summed E-state index contributed by atoms with van der Waals surface area (Å²) in [5.74, 6) is -0.0654. The number of carbonyl (C=O) groups is 1. The van der Waals surface area contributed by atoms with E-state index in [1.165, 1.54) is 35.2 Å². The Labute approximate surface area is 174 Å². The monoisotopic (exact) mass is 412 g/mol. The summed E-state index contributed by atoms with van der Waals surface area (Å²) in [5.41, 5.74) is 0.829. The van der Waals surface area contributed by atoms with Crippen molar-refractivity contribution in [1.82, 2.24) is 19.4 Å². The molecule has 3 heterocycles. The molecule has 1 amide bonds. The fourth-order valence-electron chi connectivity index (χ4n) is 4.42. The van der Waals surface area contributed by atoms with Gasteiger partial charge in [0.15, 0.2) is 0 Å². The van der Waals surface area contributed by atoms with Gasteiger partial charge < -0.3 is 10.0 Å². The highest BCUT2D eigenvalue weighted by atomic mass is 16.3. The van der Waals surface area contributed by atoms with Gasteiger partial charge in [-0.1, -0.05) is 12.1 Å². The Morgan fingerprint density at radius 1 is 1.00 bits per heavy atom. The largest absolute Gasteiger partial charge is 0.391 e. The van der Waals surface area contributed by atoms with Crippen molar-refractivity contribution in [2.24, 2.45) is 0 Å². The molecule has 0 spiro atoms. The highest BCUT2D eigenvalue weighted by Crippen LogP contribution is 2.23. The number of rotatable bonds is 4. The van der Waals surface area contributed by atoms with Crippen LogP contribution in [0, 0.1) is 0 Å². The molecule has 0 aliphatic carbocycles. The molecular formula is C22H28N4O4. The van der Waals surface area contributed by atoms with Crippen LogP contribution in [0.4, 0.5) is 0 Å². The summed E-state index contributed by atoms with van der Waals surface area (Å²) in [6.45, 7) is 4.04. The van der Waals surface area contributed by atoms with E-state index in [2.05, 4.69) is 9.88 Å². The smallest absolute Gasteiger partial charge is 0.328 e. The highest BCUT2D eigenvalue weighted by molar-refractivity contribution is 5.94. The van der Waals surface area contributed by atoms with Gasteiger partial charge in [0.1, 0.15) is 0 Å². The molecule has 160 valence electrons. The van der Waals surface area contributed by atoms with Crippen LogP contribution < -0.4 is 11.2 Å². The third-order valence-electron chi connectivity index (χ3n) is 6.14. The normalized spacial score (nSPS) is 22.8. The molecule has 2 aliphatic rings. The van der Waals surface area contributed by atoms with Crippen LogP contribution in [0.25, 0.3) is 0 Å². The second-order valence-corrected chi connectivity index (χ2v) is 8.20. The van der Waals surface area contributed by atoms with Crippen LogP contribution in [0.3, 0.4) is 0 Å². The second-order valence-electron chi connectivity index (χ2n) is 8.20. The Morgan fingerprint density at radius 2 is 1.70 bits per heavy atom. The van der Waals surface area contributed by atoms with E-state index in [1.54, 1.807) is 4.90 Å². The number of likely N-dealkylation sites (tertiary alicyclic amines) is 2. The first-order valence-corrected chi connectivity index (χ1v) is 10.6. The van der Waals surface area contributed by atoms with Gasteiger partial charge in [0.25, 0.3) is 11.5 Å². The van der Waals surface area contributed by atoms with Crippen molar-refractivity contribution in [3.05, 3.63) is 68.5 Å². The Balaban J connectivity index is 1.42. The molecule has 2 aliphatic heterocycles. The molecule has 8 nitrogen and oxygen atoms in total. The van der Waals surface area contributed by atoms with E-state index in [0.717, 1.165) is 19.6 Å². The van der Waals surface area contributed by atoms with Crippen LogP contribution in [-0.2, 0) is 6.54 Å². The summed E-state index contributed by atoms with van der Waals surface area (Å²) in [6.07, 6.45) is 3.95. The van der Waals surface area contributed by atoms with Crippen LogP contribution in [-0.4, -0.2) is 62.6 Å². The average molecular weight is 412 g/mol. The molecule has 8 heteroatoms. The van der Waals surface area contributed by atoms with Gasteiger partial charge in [0, 0.05) is 37.5 Å². The number of benzene rings is 1. The summed E-state index contributed by atoms with van der Waals surface area (Å²) in [4.78, 5) is 42.8. The maximum Gasteiger partial charge on any atom is 0.328 e. The van der Waals surface area contributed by atoms with Crippen molar-refractivity contribution < 1.29 is 9.90 Å². The number of aliphatic hydroxyl groups is 1. The number of nitrogens with zero attached hydrogens (tertiary/aromatic N) is 3. The van der Waals surface area contributed by atoms with E-state index in [0.29, 0.717) is 31.5 Å². The minimum absolute atomic E-state index is 0.0654. The Morgan fingerprint density at radius 3 is 2.40 bits per heavy atom. The molecule has 2 atom stereocenters.